The first-order valence-electron chi connectivity index (χ1n) is 10.8. The Bertz CT molecular complexity index is 890. The number of anilines is 1. The van der Waals surface area contributed by atoms with Gasteiger partial charge in [-0.15, -0.1) is 11.3 Å². The van der Waals surface area contributed by atoms with Crippen molar-refractivity contribution in [3.63, 3.8) is 0 Å². The summed E-state index contributed by atoms with van der Waals surface area (Å²) in [4.78, 5) is 43.9. The first kappa shape index (κ1) is 26.4. The summed E-state index contributed by atoms with van der Waals surface area (Å²) < 4.78 is 18.7. The molecule has 3 amide bonds. The fourth-order valence-electron chi connectivity index (χ4n) is 3.12. The zero-order chi connectivity index (χ0) is 24.2. The quantitative estimate of drug-likeness (QED) is 0.460. The Morgan fingerprint density at radius 1 is 1.18 bits per heavy atom. The highest BCUT2D eigenvalue weighted by Gasteiger charge is 2.31. The number of carbonyl (C=O) groups excluding carboxylic acids is 3. The molecule has 0 aliphatic rings. The van der Waals surface area contributed by atoms with Crippen LogP contribution in [0.4, 0.5) is 9.52 Å². The fourth-order valence-corrected chi connectivity index (χ4v) is 3.66. The van der Waals surface area contributed by atoms with E-state index in [-0.39, 0.29) is 43.7 Å². The van der Waals surface area contributed by atoms with E-state index in [0.717, 1.165) is 6.42 Å². The van der Waals surface area contributed by atoms with Crippen molar-refractivity contribution in [2.45, 2.75) is 39.2 Å². The number of rotatable bonds is 13. The Morgan fingerprint density at radius 3 is 2.52 bits per heavy atom. The molecule has 0 saturated carbocycles. The van der Waals surface area contributed by atoms with E-state index in [9.17, 15) is 18.8 Å². The number of halogens is 1. The van der Waals surface area contributed by atoms with Crippen molar-refractivity contribution in [2.24, 2.45) is 5.92 Å². The Morgan fingerprint density at radius 2 is 1.91 bits per heavy atom. The number of carbonyl (C=O) groups is 3. The maximum atomic E-state index is 13.5. The number of thiazole rings is 1. The van der Waals surface area contributed by atoms with Crippen LogP contribution in [0.2, 0.25) is 0 Å². The van der Waals surface area contributed by atoms with Crippen LogP contribution in [0.5, 0.6) is 0 Å². The normalized spacial score (nSPS) is 11.8. The number of nitrogens with zero attached hydrogens (tertiary/aromatic N) is 2. The van der Waals surface area contributed by atoms with Crippen LogP contribution >= 0.6 is 11.3 Å². The minimum Gasteiger partial charge on any atom is -0.383 e. The van der Waals surface area contributed by atoms with E-state index in [1.807, 2.05) is 0 Å². The predicted octanol–water partition coefficient (Wildman–Crippen LogP) is 3.38. The summed E-state index contributed by atoms with van der Waals surface area (Å²) in [5, 5.41) is 7.71. The third kappa shape index (κ3) is 8.89. The molecule has 1 aromatic carbocycles. The van der Waals surface area contributed by atoms with Gasteiger partial charge in [-0.2, -0.15) is 0 Å². The SMILES string of the molecule is COCCN(C(=O)CCC(=O)Nc1nccs1)[C@@H](C(=O)NCCC(C)C)c1ccc(F)cc1. The summed E-state index contributed by atoms with van der Waals surface area (Å²) in [6, 6.07) is 4.52. The average molecular weight is 479 g/mol. The minimum atomic E-state index is -0.970. The number of hydrogen-bond acceptors (Lipinski definition) is 6. The van der Waals surface area contributed by atoms with E-state index >= 15 is 0 Å². The summed E-state index contributed by atoms with van der Waals surface area (Å²) in [5.41, 5.74) is 0.482. The third-order valence-electron chi connectivity index (χ3n) is 4.87. The van der Waals surface area contributed by atoms with Gasteiger partial charge in [0.2, 0.25) is 17.7 Å². The molecule has 0 aliphatic heterocycles. The van der Waals surface area contributed by atoms with Crippen molar-refractivity contribution in [3.8, 4) is 0 Å². The lowest BCUT2D eigenvalue weighted by Gasteiger charge is -2.31. The molecule has 2 aromatic rings. The van der Waals surface area contributed by atoms with Crippen molar-refractivity contribution in [2.75, 3.05) is 32.1 Å². The van der Waals surface area contributed by atoms with Crippen molar-refractivity contribution in [1.82, 2.24) is 15.2 Å². The summed E-state index contributed by atoms with van der Waals surface area (Å²) in [6.07, 6.45) is 2.19. The maximum Gasteiger partial charge on any atom is 0.247 e. The second-order valence-electron chi connectivity index (χ2n) is 7.89. The standard InChI is InChI=1S/C23H31FN4O4S/c1-16(2)10-11-25-22(31)21(17-4-6-18(24)7-5-17)28(13-14-32-3)20(30)9-8-19(29)27-23-26-12-15-33-23/h4-7,12,15-16,21H,8-11,13-14H2,1-3H3,(H,25,31)(H,26,27,29)/t21-/m1/s1. The molecule has 1 atom stereocenters. The molecule has 10 heteroatoms. The molecule has 0 fully saturated rings. The lowest BCUT2D eigenvalue weighted by Crippen LogP contribution is -2.45. The second-order valence-corrected chi connectivity index (χ2v) is 8.79. The highest BCUT2D eigenvalue weighted by molar-refractivity contribution is 7.13. The van der Waals surface area contributed by atoms with E-state index in [1.54, 1.807) is 11.6 Å². The summed E-state index contributed by atoms with van der Waals surface area (Å²) in [7, 11) is 1.50. The molecule has 0 aliphatic carbocycles. The van der Waals surface area contributed by atoms with Crippen LogP contribution in [-0.2, 0) is 19.1 Å². The first-order valence-corrected chi connectivity index (χ1v) is 11.7. The molecule has 1 aromatic heterocycles. The lowest BCUT2D eigenvalue weighted by molar-refractivity contribution is -0.142. The Balaban J connectivity index is 2.18. The van der Waals surface area contributed by atoms with Gasteiger partial charge < -0.3 is 20.3 Å². The van der Waals surface area contributed by atoms with Gasteiger partial charge in [-0.25, -0.2) is 9.37 Å². The number of ether oxygens (including phenoxy) is 1. The van der Waals surface area contributed by atoms with Gasteiger partial charge in [0.15, 0.2) is 5.13 Å². The van der Waals surface area contributed by atoms with Crippen molar-refractivity contribution in [1.29, 1.82) is 0 Å². The number of methoxy groups -OCH3 is 1. The monoisotopic (exact) mass is 478 g/mol. The fraction of sp³-hybridized carbons (Fsp3) is 0.478. The molecule has 0 saturated heterocycles. The second kappa shape index (κ2) is 13.6. The maximum absolute atomic E-state index is 13.5. The molecule has 180 valence electrons. The molecule has 2 N–H and O–H groups in total. The van der Waals surface area contributed by atoms with E-state index in [2.05, 4.69) is 29.5 Å². The number of hydrogen-bond donors (Lipinski definition) is 2. The van der Waals surface area contributed by atoms with Crippen LogP contribution in [0.3, 0.4) is 0 Å². The number of nitrogens with one attached hydrogen (secondary N) is 2. The van der Waals surface area contributed by atoms with Crippen LogP contribution in [-0.4, -0.2) is 54.4 Å². The highest BCUT2D eigenvalue weighted by Crippen LogP contribution is 2.23. The van der Waals surface area contributed by atoms with Crippen LogP contribution in [0.15, 0.2) is 35.8 Å². The molecule has 0 radical (unpaired) electrons. The van der Waals surface area contributed by atoms with Gasteiger partial charge >= 0.3 is 0 Å². The van der Waals surface area contributed by atoms with Crippen LogP contribution in [0.1, 0.15) is 44.7 Å². The van der Waals surface area contributed by atoms with E-state index in [0.29, 0.717) is 23.2 Å². The summed E-state index contributed by atoms with van der Waals surface area (Å²) >= 11 is 1.28. The molecule has 0 spiro atoms. The minimum absolute atomic E-state index is 0.0625. The number of benzene rings is 1. The zero-order valence-electron chi connectivity index (χ0n) is 19.2. The van der Waals surface area contributed by atoms with E-state index in [4.69, 9.17) is 4.74 Å². The first-order chi connectivity index (χ1) is 15.8. The topological polar surface area (TPSA) is 101 Å². The molecule has 0 unspecified atom stereocenters. The van der Waals surface area contributed by atoms with Crippen LogP contribution in [0, 0.1) is 11.7 Å². The van der Waals surface area contributed by atoms with Crippen LogP contribution in [0.25, 0.3) is 0 Å². The van der Waals surface area contributed by atoms with Gasteiger partial charge in [-0.3, -0.25) is 14.4 Å². The van der Waals surface area contributed by atoms with E-state index < -0.39 is 11.9 Å². The van der Waals surface area contributed by atoms with Crippen molar-refractivity contribution >= 4 is 34.2 Å². The molecule has 2 rings (SSSR count). The van der Waals surface area contributed by atoms with Gasteiger partial charge in [0.05, 0.1) is 6.61 Å². The Hall–Kier alpha value is -2.85. The molecule has 33 heavy (non-hydrogen) atoms. The number of amides is 3. The zero-order valence-corrected chi connectivity index (χ0v) is 20.0. The van der Waals surface area contributed by atoms with Gasteiger partial charge in [0.25, 0.3) is 0 Å². The van der Waals surface area contributed by atoms with Gasteiger partial charge in [0.1, 0.15) is 11.9 Å². The Labute approximate surface area is 197 Å². The van der Waals surface area contributed by atoms with Gasteiger partial charge in [0, 0.05) is 44.6 Å². The smallest absolute Gasteiger partial charge is 0.247 e. The molecule has 1 heterocycles. The molecule has 0 bridgehead atoms. The predicted molar refractivity (Wildman–Crippen MR) is 125 cm³/mol. The van der Waals surface area contributed by atoms with E-state index in [1.165, 1.54) is 47.6 Å². The van der Waals surface area contributed by atoms with Gasteiger partial charge in [-0.05, 0) is 30.0 Å². The highest BCUT2D eigenvalue weighted by atomic mass is 32.1. The molecule has 8 nitrogen and oxygen atoms in total. The molecular formula is C23H31FN4O4S. The molecular weight excluding hydrogens is 447 g/mol. The number of aromatic nitrogens is 1. The summed E-state index contributed by atoms with van der Waals surface area (Å²) in [5.74, 6) is -1.12. The Kier molecular flexibility index (Phi) is 10.9. The average Bonchev–Trinajstić information content (AvgIpc) is 3.28. The summed E-state index contributed by atoms with van der Waals surface area (Å²) in [6.45, 7) is 4.90. The van der Waals surface area contributed by atoms with Gasteiger partial charge in [-0.1, -0.05) is 26.0 Å². The third-order valence-corrected chi connectivity index (χ3v) is 5.56. The van der Waals surface area contributed by atoms with Crippen molar-refractivity contribution < 1.29 is 23.5 Å². The lowest BCUT2D eigenvalue weighted by atomic mass is 10.0. The largest absolute Gasteiger partial charge is 0.383 e. The van der Waals surface area contributed by atoms with Crippen LogP contribution < -0.4 is 10.6 Å². The van der Waals surface area contributed by atoms with Crippen molar-refractivity contribution in [3.05, 3.63) is 47.2 Å².